The van der Waals surface area contributed by atoms with E-state index in [1.54, 1.807) is 20.8 Å². The summed E-state index contributed by atoms with van der Waals surface area (Å²) < 4.78 is 19.5. The number of carbonyl (C=O) groups excluding carboxylic acids is 1. The lowest BCUT2D eigenvalue weighted by atomic mass is 9.69. The largest absolute Gasteiger partial charge is 0.481 e. The number of aliphatic carboxylic acids is 1. The van der Waals surface area contributed by atoms with Crippen molar-refractivity contribution in [3.8, 4) is 0 Å². The number of nitrogens with one attached hydrogen (secondary N) is 1. The SMILES string of the molecule is CC(C)(C)OC(=O)Nc1ccc(F)c(C2(C(=O)O)CCCCC2)c1. The van der Waals surface area contributed by atoms with Gasteiger partial charge < -0.3 is 9.84 Å². The van der Waals surface area contributed by atoms with E-state index in [1.807, 2.05) is 0 Å². The molecule has 1 fully saturated rings. The van der Waals surface area contributed by atoms with Gasteiger partial charge >= 0.3 is 12.1 Å². The molecule has 24 heavy (non-hydrogen) atoms. The predicted octanol–water partition coefficient (Wildman–Crippen LogP) is 4.46. The van der Waals surface area contributed by atoms with Gasteiger partial charge in [0.15, 0.2) is 0 Å². The molecule has 2 rings (SSSR count). The van der Waals surface area contributed by atoms with E-state index >= 15 is 0 Å². The number of carbonyl (C=O) groups is 2. The van der Waals surface area contributed by atoms with E-state index in [2.05, 4.69) is 5.32 Å². The Labute approximate surface area is 141 Å². The van der Waals surface area contributed by atoms with Gasteiger partial charge in [0.2, 0.25) is 0 Å². The van der Waals surface area contributed by atoms with Crippen molar-refractivity contribution in [2.75, 3.05) is 5.32 Å². The van der Waals surface area contributed by atoms with Crippen molar-refractivity contribution in [2.45, 2.75) is 63.9 Å². The normalized spacial score (nSPS) is 17.2. The molecule has 0 heterocycles. The fraction of sp³-hybridized carbons (Fsp3) is 0.556. The molecule has 0 atom stereocenters. The van der Waals surface area contributed by atoms with Crippen molar-refractivity contribution in [2.24, 2.45) is 0 Å². The summed E-state index contributed by atoms with van der Waals surface area (Å²) in [6.07, 6.45) is 2.58. The average molecular weight is 337 g/mol. The molecule has 1 aliphatic carbocycles. The van der Waals surface area contributed by atoms with Crippen molar-refractivity contribution in [1.29, 1.82) is 0 Å². The van der Waals surface area contributed by atoms with Crippen LogP contribution in [0, 0.1) is 5.82 Å². The van der Waals surface area contributed by atoms with E-state index in [0.29, 0.717) is 18.5 Å². The smallest absolute Gasteiger partial charge is 0.412 e. The lowest BCUT2D eigenvalue weighted by Crippen LogP contribution is -2.38. The van der Waals surface area contributed by atoms with E-state index in [9.17, 15) is 19.1 Å². The summed E-state index contributed by atoms with van der Waals surface area (Å²) >= 11 is 0. The molecule has 5 nitrogen and oxygen atoms in total. The molecular weight excluding hydrogens is 313 g/mol. The molecule has 132 valence electrons. The number of amides is 1. The van der Waals surface area contributed by atoms with Crippen LogP contribution in [0.25, 0.3) is 0 Å². The van der Waals surface area contributed by atoms with Crippen LogP contribution < -0.4 is 5.32 Å². The molecule has 6 heteroatoms. The van der Waals surface area contributed by atoms with E-state index < -0.39 is 28.9 Å². The van der Waals surface area contributed by atoms with E-state index in [0.717, 1.165) is 19.3 Å². The number of hydrogen-bond donors (Lipinski definition) is 2. The third-order valence-corrected chi connectivity index (χ3v) is 4.24. The highest BCUT2D eigenvalue weighted by Crippen LogP contribution is 2.41. The summed E-state index contributed by atoms with van der Waals surface area (Å²) in [5.74, 6) is -1.58. The van der Waals surface area contributed by atoms with Crippen molar-refractivity contribution < 1.29 is 23.8 Å². The summed E-state index contributed by atoms with van der Waals surface area (Å²) in [4.78, 5) is 23.7. The van der Waals surface area contributed by atoms with Crippen LogP contribution in [0.4, 0.5) is 14.9 Å². The van der Waals surface area contributed by atoms with Gasteiger partial charge in [0.25, 0.3) is 0 Å². The summed E-state index contributed by atoms with van der Waals surface area (Å²) in [6.45, 7) is 5.22. The van der Waals surface area contributed by atoms with Crippen LogP contribution in [-0.2, 0) is 14.9 Å². The Bertz CT molecular complexity index is 630. The molecule has 0 unspecified atom stereocenters. The maximum atomic E-state index is 14.4. The number of ether oxygens (including phenoxy) is 1. The Balaban J connectivity index is 2.31. The summed E-state index contributed by atoms with van der Waals surface area (Å²) in [7, 11) is 0. The summed E-state index contributed by atoms with van der Waals surface area (Å²) in [5.41, 5.74) is -1.43. The molecule has 1 aromatic rings. The topological polar surface area (TPSA) is 75.6 Å². The molecule has 1 amide bonds. The lowest BCUT2D eigenvalue weighted by molar-refractivity contribution is -0.145. The Kier molecular flexibility index (Phi) is 5.16. The van der Waals surface area contributed by atoms with Crippen LogP contribution in [0.2, 0.25) is 0 Å². The molecule has 0 radical (unpaired) electrons. The van der Waals surface area contributed by atoms with E-state index in [1.165, 1.54) is 18.2 Å². The highest BCUT2D eigenvalue weighted by atomic mass is 19.1. The molecule has 0 aromatic heterocycles. The van der Waals surface area contributed by atoms with Gasteiger partial charge in [-0.2, -0.15) is 0 Å². The first-order chi connectivity index (χ1) is 11.1. The van der Waals surface area contributed by atoms with E-state index in [4.69, 9.17) is 4.74 Å². The second-order valence-corrected chi connectivity index (χ2v) is 7.27. The molecule has 2 N–H and O–H groups in total. The fourth-order valence-electron chi connectivity index (χ4n) is 3.14. The number of hydrogen-bond acceptors (Lipinski definition) is 3. The highest BCUT2D eigenvalue weighted by Gasteiger charge is 2.43. The van der Waals surface area contributed by atoms with Crippen LogP contribution in [-0.4, -0.2) is 22.8 Å². The zero-order chi connectivity index (χ0) is 18.0. The zero-order valence-electron chi connectivity index (χ0n) is 14.3. The van der Waals surface area contributed by atoms with Crippen LogP contribution in [0.1, 0.15) is 58.4 Å². The molecule has 0 spiro atoms. The third kappa shape index (κ3) is 4.04. The molecule has 1 aliphatic rings. The highest BCUT2D eigenvalue weighted by molar-refractivity contribution is 5.86. The van der Waals surface area contributed by atoms with Gasteiger partial charge in [-0.15, -0.1) is 0 Å². The first-order valence-corrected chi connectivity index (χ1v) is 8.17. The Morgan fingerprint density at radius 2 is 1.83 bits per heavy atom. The molecule has 1 saturated carbocycles. The maximum Gasteiger partial charge on any atom is 0.412 e. The molecular formula is C18H24FNO4. The molecule has 0 aliphatic heterocycles. The fourth-order valence-corrected chi connectivity index (χ4v) is 3.14. The Hall–Kier alpha value is -2.11. The van der Waals surface area contributed by atoms with Gasteiger partial charge in [-0.25, -0.2) is 9.18 Å². The lowest BCUT2D eigenvalue weighted by Gasteiger charge is -2.34. The van der Waals surface area contributed by atoms with Gasteiger partial charge in [0, 0.05) is 11.3 Å². The molecule has 0 saturated heterocycles. The van der Waals surface area contributed by atoms with E-state index in [-0.39, 0.29) is 5.56 Å². The second-order valence-electron chi connectivity index (χ2n) is 7.27. The van der Waals surface area contributed by atoms with Crippen molar-refractivity contribution in [3.63, 3.8) is 0 Å². The van der Waals surface area contributed by atoms with Gasteiger partial charge in [0.05, 0.1) is 5.41 Å². The first-order valence-electron chi connectivity index (χ1n) is 8.17. The van der Waals surface area contributed by atoms with Crippen LogP contribution in [0.15, 0.2) is 18.2 Å². The number of halogens is 1. The average Bonchev–Trinajstić information content (AvgIpc) is 2.48. The van der Waals surface area contributed by atoms with Crippen molar-refractivity contribution in [1.82, 2.24) is 0 Å². The predicted molar refractivity (Wildman–Crippen MR) is 88.7 cm³/mol. The maximum absolute atomic E-state index is 14.4. The van der Waals surface area contributed by atoms with Gasteiger partial charge in [-0.05, 0) is 51.8 Å². The van der Waals surface area contributed by atoms with Crippen LogP contribution in [0.5, 0.6) is 0 Å². The Morgan fingerprint density at radius 1 is 1.21 bits per heavy atom. The number of rotatable bonds is 3. The van der Waals surface area contributed by atoms with Crippen molar-refractivity contribution in [3.05, 3.63) is 29.6 Å². The molecule has 1 aromatic carbocycles. The standard InChI is InChI=1S/C18H24FNO4/c1-17(2,3)24-16(23)20-12-7-8-14(19)13(11-12)18(15(21)22)9-5-4-6-10-18/h7-8,11H,4-6,9-10H2,1-3H3,(H,20,23)(H,21,22). The van der Waals surface area contributed by atoms with Crippen LogP contribution in [0.3, 0.4) is 0 Å². The number of carboxylic acids is 1. The van der Waals surface area contributed by atoms with Gasteiger partial charge in [0.1, 0.15) is 11.4 Å². The number of benzene rings is 1. The Morgan fingerprint density at radius 3 is 2.38 bits per heavy atom. The van der Waals surface area contributed by atoms with Crippen molar-refractivity contribution >= 4 is 17.7 Å². The monoisotopic (exact) mass is 337 g/mol. The minimum Gasteiger partial charge on any atom is -0.481 e. The zero-order valence-corrected chi connectivity index (χ0v) is 14.3. The third-order valence-electron chi connectivity index (χ3n) is 4.24. The van der Waals surface area contributed by atoms with Crippen LogP contribution >= 0.6 is 0 Å². The quantitative estimate of drug-likeness (QED) is 0.854. The minimum atomic E-state index is -1.23. The summed E-state index contributed by atoms with van der Waals surface area (Å²) in [6, 6.07) is 4.02. The first kappa shape index (κ1) is 18.2. The number of carboxylic acid groups (broad SMARTS) is 1. The second kappa shape index (κ2) is 6.79. The minimum absolute atomic E-state index is 0.128. The number of anilines is 1. The van der Waals surface area contributed by atoms with Gasteiger partial charge in [-0.3, -0.25) is 10.1 Å². The summed E-state index contributed by atoms with van der Waals surface area (Å²) in [5, 5.41) is 12.3. The van der Waals surface area contributed by atoms with Gasteiger partial charge in [-0.1, -0.05) is 19.3 Å². The molecule has 0 bridgehead atoms.